The quantitative estimate of drug-likeness (QED) is 0.673. The standard InChI is InChI=1S/C23H15F2N3O2/c24-18-8-5-15(6-9-18)22-12-21(14-1-3-16(4-2-14)23(29)30)27-28(22)19-10-7-17(13-26)20(25)11-19/h1-11,22H,12H2,(H,29,30). The van der Waals surface area contributed by atoms with Crippen LogP contribution < -0.4 is 5.01 Å². The number of rotatable bonds is 4. The van der Waals surface area contributed by atoms with Crippen molar-refractivity contribution < 1.29 is 18.7 Å². The second-order valence-corrected chi connectivity index (χ2v) is 6.82. The maximum atomic E-state index is 14.2. The molecular weight excluding hydrogens is 388 g/mol. The molecular formula is C23H15F2N3O2. The monoisotopic (exact) mass is 403 g/mol. The third-order valence-corrected chi connectivity index (χ3v) is 4.97. The lowest BCUT2D eigenvalue weighted by molar-refractivity contribution is 0.0697. The minimum absolute atomic E-state index is 0.0651. The van der Waals surface area contributed by atoms with E-state index in [4.69, 9.17) is 10.4 Å². The minimum atomic E-state index is -1.02. The molecule has 0 fully saturated rings. The smallest absolute Gasteiger partial charge is 0.335 e. The molecule has 7 heteroatoms. The summed E-state index contributed by atoms with van der Waals surface area (Å²) in [5, 5.41) is 24.3. The lowest BCUT2D eigenvalue weighted by Gasteiger charge is -2.24. The van der Waals surface area contributed by atoms with Crippen molar-refractivity contribution in [3.63, 3.8) is 0 Å². The number of benzene rings is 3. The number of nitrogens with zero attached hydrogens (tertiary/aromatic N) is 3. The summed E-state index contributed by atoms with van der Waals surface area (Å²) >= 11 is 0. The van der Waals surface area contributed by atoms with Crippen molar-refractivity contribution in [1.82, 2.24) is 0 Å². The van der Waals surface area contributed by atoms with Crippen LogP contribution in [0.25, 0.3) is 0 Å². The topological polar surface area (TPSA) is 76.7 Å². The maximum Gasteiger partial charge on any atom is 0.335 e. The Morgan fingerprint density at radius 2 is 1.77 bits per heavy atom. The Morgan fingerprint density at radius 1 is 1.07 bits per heavy atom. The van der Waals surface area contributed by atoms with Crippen LogP contribution in [-0.4, -0.2) is 16.8 Å². The molecule has 1 aliphatic rings. The van der Waals surface area contributed by atoms with Gasteiger partial charge in [0, 0.05) is 12.5 Å². The Balaban J connectivity index is 1.75. The molecule has 1 aliphatic heterocycles. The summed E-state index contributed by atoms with van der Waals surface area (Å²) in [4.78, 5) is 11.1. The fraction of sp³-hybridized carbons (Fsp3) is 0.0870. The molecule has 0 aromatic heterocycles. The minimum Gasteiger partial charge on any atom is -0.478 e. The van der Waals surface area contributed by atoms with Gasteiger partial charge >= 0.3 is 5.97 Å². The maximum absolute atomic E-state index is 14.2. The van der Waals surface area contributed by atoms with Gasteiger partial charge < -0.3 is 5.11 Å². The molecule has 0 aliphatic carbocycles. The van der Waals surface area contributed by atoms with Gasteiger partial charge in [-0.1, -0.05) is 24.3 Å². The summed E-state index contributed by atoms with van der Waals surface area (Å²) in [5.41, 5.74) is 2.78. The van der Waals surface area contributed by atoms with E-state index in [1.54, 1.807) is 41.4 Å². The van der Waals surface area contributed by atoms with E-state index in [0.717, 1.165) is 11.1 Å². The normalized spacial score (nSPS) is 15.6. The van der Waals surface area contributed by atoms with Gasteiger partial charge in [0.1, 0.15) is 17.7 Å². The second-order valence-electron chi connectivity index (χ2n) is 6.82. The number of anilines is 1. The van der Waals surface area contributed by atoms with Crippen LogP contribution in [0, 0.1) is 23.0 Å². The van der Waals surface area contributed by atoms with Crippen molar-refractivity contribution >= 4 is 17.4 Å². The van der Waals surface area contributed by atoms with E-state index < -0.39 is 11.8 Å². The predicted molar refractivity (Wildman–Crippen MR) is 107 cm³/mol. The molecule has 3 aromatic carbocycles. The molecule has 0 saturated heterocycles. The first kappa shape index (κ1) is 19.3. The number of hydrazone groups is 1. The number of hydrogen-bond donors (Lipinski definition) is 1. The lowest BCUT2D eigenvalue weighted by Crippen LogP contribution is -2.18. The number of carbonyl (C=O) groups is 1. The van der Waals surface area contributed by atoms with Gasteiger partial charge in [-0.3, -0.25) is 5.01 Å². The third-order valence-electron chi connectivity index (χ3n) is 4.97. The molecule has 0 bridgehead atoms. The van der Waals surface area contributed by atoms with Gasteiger partial charge in [-0.05, 0) is 47.5 Å². The molecule has 5 nitrogen and oxygen atoms in total. The molecule has 148 valence electrons. The predicted octanol–water partition coefficient (Wildman–Crippen LogP) is 4.89. The second kappa shape index (κ2) is 7.76. The lowest BCUT2D eigenvalue weighted by atomic mass is 9.97. The van der Waals surface area contributed by atoms with Crippen molar-refractivity contribution in [1.29, 1.82) is 5.26 Å². The molecule has 1 heterocycles. The Labute approximate surface area is 171 Å². The summed E-state index contributed by atoms with van der Waals surface area (Å²) in [7, 11) is 0. The molecule has 1 atom stereocenters. The largest absolute Gasteiger partial charge is 0.478 e. The van der Waals surface area contributed by atoms with Crippen LogP contribution in [0.2, 0.25) is 0 Å². The molecule has 0 spiro atoms. The van der Waals surface area contributed by atoms with Crippen molar-refractivity contribution in [2.75, 3.05) is 5.01 Å². The van der Waals surface area contributed by atoms with Gasteiger partial charge in [-0.2, -0.15) is 10.4 Å². The average molecular weight is 403 g/mol. The van der Waals surface area contributed by atoms with Crippen LogP contribution in [0.15, 0.2) is 71.8 Å². The van der Waals surface area contributed by atoms with E-state index in [0.29, 0.717) is 17.8 Å². The molecule has 0 amide bonds. The fourth-order valence-corrected chi connectivity index (χ4v) is 3.41. The zero-order valence-electron chi connectivity index (χ0n) is 15.6. The van der Waals surface area contributed by atoms with Gasteiger partial charge in [0.05, 0.1) is 28.6 Å². The van der Waals surface area contributed by atoms with Crippen molar-refractivity contribution in [2.24, 2.45) is 5.10 Å². The molecule has 0 saturated carbocycles. The van der Waals surface area contributed by atoms with Crippen molar-refractivity contribution in [3.05, 3.63) is 101 Å². The molecule has 0 radical (unpaired) electrons. The highest BCUT2D eigenvalue weighted by atomic mass is 19.1. The Bertz CT molecular complexity index is 1180. The number of carboxylic acid groups (broad SMARTS) is 1. The molecule has 3 aromatic rings. The van der Waals surface area contributed by atoms with Crippen LogP contribution in [0.1, 0.15) is 39.5 Å². The van der Waals surface area contributed by atoms with Gasteiger partial charge in [-0.25, -0.2) is 13.6 Å². The van der Waals surface area contributed by atoms with Crippen LogP contribution in [-0.2, 0) is 0 Å². The van der Waals surface area contributed by atoms with E-state index in [1.807, 2.05) is 0 Å². The number of nitriles is 1. The highest BCUT2D eigenvalue weighted by Crippen LogP contribution is 2.37. The van der Waals surface area contributed by atoms with Gasteiger partial charge in [0.2, 0.25) is 0 Å². The highest BCUT2D eigenvalue weighted by Gasteiger charge is 2.30. The summed E-state index contributed by atoms with van der Waals surface area (Å²) in [6.07, 6.45) is 0.458. The van der Waals surface area contributed by atoms with E-state index >= 15 is 0 Å². The van der Waals surface area contributed by atoms with Crippen LogP contribution in [0.3, 0.4) is 0 Å². The zero-order chi connectivity index (χ0) is 21.3. The summed E-state index contributed by atoms with van der Waals surface area (Å²) in [6, 6.07) is 18.1. The Morgan fingerprint density at radius 3 is 2.37 bits per heavy atom. The van der Waals surface area contributed by atoms with Crippen LogP contribution in [0.4, 0.5) is 14.5 Å². The van der Waals surface area contributed by atoms with Gasteiger partial charge in [0.15, 0.2) is 0 Å². The first-order valence-corrected chi connectivity index (χ1v) is 9.12. The summed E-state index contributed by atoms with van der Waals surface area (Å²) in [6.45, 7) is 0. The zero-order valence-corrected chi connectivity index (χ0v) is 15.6. The Kier molecular flexibility index (Phi) is 4.98. The first-order valence-electron chi connectivity index (χ1n) is 9.12. The third kappa shape index (κ3) is 3.63. The summed E-state index contributed by atoms with van der Waals surface area (Å²) in [5.74, 6) is -2.03. The van der Waals surface area contributed by atoms with Gasteiger partial charge in [-0.15, -0.1) is 0 Å². The van der Waals surface area contributed by atoms with E-state index in [9.17, 15) is 13.6 Å². The SMILES string of the molecule is N#Cc1ccc(N2N=C(c3ccc(C(=O)O)cc3)CC2c2ccc(F)cc2)cc1F. The van der Waals surface area contributed by atoms with E-state index in [2.05, 4.69) is 5.10 Å². The van der Waals surface area contributed by atoms with E-state index in [1.165, 1.54) is 36.4 Å². The van der Waals surface area contributed by atoms with Crippen LogP contribution in [0.5, 0.6) is 0 Å². The first-order chi connectivity index (χ1) is 14.5. The van der Waals surface area contributed by atoms with Gasteiger partial charge in [0.25, 0.3) is 0 Å². The molecule has 1 N–H and O–H groups in total. The van der Waals surface area contributed by atoms with Crippen molar-refractivity contribution in [3.8, 4) is 6.07 Å². The molecule has 1 unspecified atom stereocenters. The van der Waals surface area contributed by atoms with E-state index in [-0.39, 0.29) is 23.0 Å². The highest BCUT2D eigenvalue weighted by molar-refractivity contribution is 6.04. The number of halogens is 2. The Hall–Kier alpha value is -4.05. The average Bonchev–Trinajstić information content (AvgIpc) is 3.19. The molecule has 30 heavy (non-hydrogen) atoms. The number of carboxylic acids is 1. The number of hydrogen-bond acceptors (Lipinski definition) is 4. The van der Waals surface area contributed by atoms with Crippen LogP contribution >= 0.6 is 0 Å². The van der Waals surface area contributed by atoms with Crippen molar-refractivity contribution in [2.45, 2.75) is 12.5 Å². The summed E-state index contributed by atoms with van der Waals surface area (Å²) < 4.78 is 27.6. The molecule has 4 rings (SSSR count). The fourth-order valence-electron chi connectivity index (χ4n) is 3.41. The number of aromatic carboxylic acids is 1.